The van der Waals surface area contributed by atoms with Crippen molar-refractivity contribution in [1.29, 1.82) is 0 Å². The van der Waals surface area contributed by atoms with Crippen LogP contribution in [-0.4, -0.2) is 35.0 Å². The Morgan fingerprint density at radius 3 is 2.43 bits per heavy atom. The van der Waals surface area contributed by atoms with Crippen molar-refractivity contribution in [2.24, 2.45) is 7.05 Å². The Labute approximate surface area is 180 Å². The molecule has 0 fully saturated rings. The molecule has 0 aliphatic rings. The summed E-state index contributed by atoms with van der Waals surface area (Å²) in [4.78, 5) is 29.1. The first kappa shape index (κ1) is 21.4. The number of hydrogen-bond donors (Lipinski definition) is 2. The van der Waals surface area contributed by atoms with Crippen LogP contribution < -0.4 is 15.4 Å². The van der Waals surface area contributed by atoms with Gasteiger partial charge >= 0.3 is 0 Å². The molecule has 1 atom stereocenters. The monoisotopic (exact) mass is 426 g/mol. The van der Waals surface area contributed by atoms with Crippen LogP contribution in [0.3, 0.4) is 0 Å². The molecular weight excluding hydrogens is 404 g/mol. The van der Waals surface area contributed by atoms with Gasteiger partial charge in [-0.05, 0) is 42.0 Å². The number of nitrogens with zero attached hydrogens (tertiary/aromatic N) is 2. The summed E-state index contributed by atoms with van der Waals surface area (Å²) >= 11 is 5.83. The zero-order chi connectivity index (χ0) is 21.5. The van der Waals surface area contributed by atoms with Crippen LogP contribution in [-0.2, 0) is 11.8 Å². The molecule has 2 amide bonds. The van der Waals surface area contributed by atoms with Gasteiger partial charge in [0, 0.05) is 43.0 Å². The first-order valence-electron chi connectivity index (χ1n) is 9.42. The number of halogens is 1. The second-order valence-electron chi connectivity index (χ2n) is 6.68. The zero-order valence-corrected chi connectivity index (χ0v) is 17.5. The maximum Gasteiger partial charge on any atom is 0.251 e. The number of benzene rings is 2. The topological polar surface area (TPSA) is 85.2 Å². The van der Waals surface area contributed by atoms with Crippen LogP contribution in [0.4, 0.5) is 0 Å². The SMILES string of the molecule is COc1ccc([C@@H](NC(=O)CCNC(=O)c2ccc(Cl)cc2)c2nccn2C)cc1. The number of aryl methyl sites for hydroxylation is 1. The van der Waals surface area contributed by atoms with Gasteiger partial charge in [0.25, 0.3) is 5.91 Å². The summed E-state index contributed by atoms with van der Waals surface area (Å²) in [6.07, 6.45) is 3.64. The third-order valence-corrected chi connectivity index (χ3v) is 4.87. The Bertz CT molecular complexity index is 1000. The summed E-state index contributed by atoms with van der Waals surface area (Å²) in [7, 11) is 3.47. The van der Waals surface area contributed by atoms with Crippen molar-refractivity contribution in [2.75, 3.05) is 13.7 Å². The van der Waals surface area contributed by atoms with E-state index >= 15 is 0 Å². The van der Waals surface area contributed by atoms with E-state index in [1.54, 1.807) is 37.6 Å². The summed E-state index contributed by atoms with van der Waals surface area (Å²) < 4.78 is 7.07. The molecule has 0 bridgehead atoms. The molecule has 0 saturated carbocycles. The van der Waals surface area contributed by atoms with Crippen LogP contribution in [0, 0.1) is 0 Å². The molecule has 7 nitrogen and oxygen atoms in total. The minimum atomic E-state index is -0.421. The van der Waals surface area contributed by atoms with Crippen molar-refractivity contribution in [2.45, 2.75) is 12.5 Å². The number of nitrogens with one attached hydrogen (secondary N) is 2. The fourth-order valence-electron chi connectivity index (χ4n) is 2.97. The number of ether oxygens (including phenoxy) is 1. The van der Waals surface area contributed by atoms with Crippen LogP contribution in [0.25, 0.3) is 0 Å². The molecule has 0 unspecified atom stereocenters. The van der Waals surface area contributed by atoms with E-state index in [0.29, 0.717) is 16.4 Å². The van der Waals surface area contributed by atoms with Crippen molar-refractivity contribution >= 4 is 23.4 Å². The third-order valence-electron chi connectivity index (χ3n) is 4.62. The van der Waals surface area contributed by atoms with Gasteiger partial charge in [0.05, 0.1) is 7.11 Å². The number of hydrogen-bond acceptors (Lipinski definition) is 4. The summed E-state index contributed by atoms with van der Waals surface area (Å²) in [6, 6.07) is 13.6. The standard InChI is InChI=1S/C22H23ClN4O3/c1-27-14-13-24-21(27)20(15-5-9-18(30-2)10-6-15)26-19(28)11-12-25-22(29)16-3-7-17(23)8-4-16/h3-10,13-14,20H,11-12H2,1-2H3,(H,25,29)(H,26,28)/t20-/m1/s1. The normalized spacial score (nSPS) is 11.6. The van der Waals surface area contributed by atoms with Gasteiger partial charge in [-0.15, -0.1) is 0 Å². The number of imidazole rings is 1. The van der Waals surface area contributed by atoms with Gasteiger partial charge in [-0.2, -0.15) is 0 Å². The molecular formula is C22H23ClN4O3. The number of carbonyl (C=O) groups excluding carboxylic acids is 2. The lowest BCUT2D eigenvalue weighted by atomic mass is 10.1. The van der Waals surface area contributed by atoms with Crippen molar-refractivity contribution in [3.8, 4) is 5.75 Å². The maximum atomic E-state index is 12.6. The zero-order valence-electron chi connectivity index (χ0n) is 16.8. The summed E-state index contributed by atoms with van der Waals surface area (Å²) in [5.74, 6) is 0.984. The summed E-state index contributed by atoms with van der Waals surface area (Å²) in [5.41, 5.74) is 1.37. The molecule has 0 radical (unpaired) electrons. The number of carbonyl (C=O) groups is 2. The Kier molecular flexibility index (Phi) is 7.08. The highest BCUT2D eigenvalue weighted by Crippen LogP contribution is 2.23. The molecule has 0 spiro atoms. The largest absolute Gasteiger partial charge is 0.497 e. The minimum absolute atomic E-state index is 0.135. The highest BCUT2D eigenvalue weighted by molar-refractivity contribution is 6.30. The highest BCUT2D eigenvalue weighted by Gasteiger charge is 2.21. The van der Waals surface area contributed by atoms with Crippen LogP contribution in [0.2, 0.25) is 5.02 Å². The number of rotatable bonds is 8. The van der Waals surface area contributed by atoms with E-state index in [2.05, 4.69) is 15.6 Å². The second-order valence-corrected chi connectivity index (χ2v) is 7.12. The smallest absolute Gasteiger partial charge is 0.251 e. The van der Waals surface area contributed by atoms with E-state index < -0.39 is 6.04 Å². The third kappa shape index (κ3) is 5.39. The first-order chi connectivity index (χ1) is 14.5. The molecule has 8 heteroatoms. The van der Waals surface area contributed by atoms with Gasteiger partial charge in [-0.25, -0.2) is 4.98 Å². The predicted molar refractivity (Wildman–Crippen MR) is 115 cm³/mol. The van der Waals surface area contributed by atoms with Crippen molar-refractivity contribution < 1.29 is 14.3 Å². The lowest BCUT2D eigenvalue weighted by Gasteiger charge is -2.19. The van der Waals surface area contributed by atoms with E-state index in [9.17, 15) is 9.59 Å². The molecule has 2 N–H and O–H groups in total. The minimum Gasteiger partial charge on any atom is -0.497 e. The molecule has 0 aliphatic carbocycles. The molecule has 156 valence electrons. The van der Waals surface area contributed by atoms with Gasteiger partial charge in [-0.3, -0.25) is 9.59 Å². The molecule has 2 aromatic carbocycles. The van der Waals surface area contributed by atoms with Gasteiger partial charge in [0.2, 0.25) is 5.91 Å². The lowest BCUT2D eigenvalue weighted by molar-refractivity contribution is -0.121. The molecule has 30 heavy (non-hydrogen) atoms. The summed E-state index contributed by atoms with van der Waals surface area (Å²) in [5, 5.41) is 6.31. The van der Waals surface area contributed by atoms with E-state index in [0.717, 1.165) is 11.3 Å². The number of aromatic nitrogens is 2. The van der Waals surface area contributed by atoms with Gasteiger partial charge < -0.3 is 19.9 Å². The Morgan fingerprint density at radius 1 is 1.13 bits per heavy atom. The molecule has 3 aromatic rings. The predicted octanol–water partition coefficient (Wildman–Crippen LogP) is 3.11. The van der Waals surface area contributed by atoms with Crippen LogP contribution in [0.15, 0.2) is 60.9 Å². The van der Waals surface area contributed by atoms with Crippen LogP contribution in [0.5, 0.6) is 5.75 Å². The molecule has 0 aliphatic heterocycles. The van der Waals surface area contributed by atoms with Crippen LogP contribution >= 0.6 is 11.6 Å². The van der Waals surface area contributed by atoms with Crippen molar-refractivity contribution in [3.05, 3.63) is 82.9 Å². The Morgan fingerprint density at radius 2 is 1.83 bits per heavy atom. The van der Waals surface area contributed by atoms with E-state index in [4.69, 9.17) is 16.3 Å². The lowest BCUT2D eigenvalue weighted by Crippen LogP contribution is -2.34. The number of amides is 2. The average molecular weight is 427 g/mol. The van der Waals surface area contributed by atoms with Crippen LogP contribution in [0.1, 0.15) is 34.2 Å². The first-order valence-corrected chi connectivity index (χ1v) is 9.80. The van der Waals surface area contributed by atoms with Crippen molar-refractivity contribution in [3.63, 3.8) is 0 Å². The van der Waals surface area contributed by atoms with Crippen molar-refractivity contribution in [1.82, 2.24) is 20.2 Å². The van der Waals surface area contributed by atoms with E-state index in [1.165, 1.54) is 0 Å². The second kappa shape index (κ2) is 9.93. The maximum absolute atomic E-state index is 12.6. The Balaban J connectivity index is 1.62. The molecule has 1 aromatic heterocycles. The molecule has 0 saturated heterocycles. The summed E-state index contributed by atoms with van der Waals surface area (Å²) in [6.45, 7) is 0.211. The fourth-order valence-corrected chi connectivity index (χ4v) is 3.10. The van der Waals surface area contributed by atoms with Gasteiger partial charge in [0.15, 0.2) is 0 Å². The Hall–Kier alpha value is -3.32. The quantitative estimate of drug-likeness (QED) is 0.579. The molecule has 1 heterocycles. The van der Waals surface area contributed by atoms with Gasteiger partial charge in [0.1, 0.15) is 17.6 Å². The van der Waals surface area contributed by atoms with E-state index in [1.807, 2.05) is 42.1 Å². The highest BCUT2D eigenvalue weighted by atomic mass is 35.5. The number of methoxy groups -OCH3 is 1. The fraction of sp³-hybridized carbons (Fsp3) is 0.227. The average Bonchev–Trinajstić information content (AvgIpc) is 3.18. The van der Waals surface area contributed by atoms with E-state index in [-0.39, 0.29) is 24.8 Å². The molecule has 3 rings (SSSR count). The van der Waals surface area contributed by atoms with Gasteiger partial charge in [-0.1, -0.05) is 23.7 Å².